The second kappa shape index (κ2) is 3.79. The van der Waals surface area contributed by atoms with Gasteiger partial charge in [-0.05, 0) is 24.3 Å². The molecule has 0 bridgehead atoms. The molecular weight excluding hydrogens is 262 g/mol. The van der Waals surface area contributed by atoms with Gasteiger partial charge >= 0.3 is 6.18 Å². The number of aromatic nitrogens is 1. The lowest BCUT2D eigenvalue weighted by Crippen LogP contribution is -2.07. The Morgan fingerprint density at radius 1 is 1.19 bits per heavy atom. The number of hydrogen-bond donors (Lipinski definition) is 0. The van der Waals surface area contributed by atoms with Crippen molar-refractivity contribution in [2.75, 3.05) is 0 Å². The normalized spacial score (nSPS) is 12.1. The molecule has 0 spiro atoms. The maximum Gasteiger partial charge on any atom is 0.433 e. The maximum absolute atomic E-state index is 12.4. The van der Waals surface area contributed by atoms with Crippen LogP contribution in [0.1, 0.15) is 5.69 Å². The van der Waals surface area contributed by atoms with Gasteiger partial charge in [0.2, 0.25) is 0 Å². The van der Waals surface area contributed by atoms with Crippen LogP contribution in [0, 0.1) is 6.07 Å². The Morgan fingerprint density at radius 3 is 2.50 bits per heavy atom. The topological polar surface area (TPSA) is 12.9 Å². The third-order valence-electron chi connectivity index (χ3n) is 1.92. The molecule has 1 nitrogen and oxygen atoms in total. The van der Waals surface area contributed by atoms with Crippen molar-refractivity contribution in [3.8, 4) is 0 Å². The molecule has 1 aromatic carbocycles. The summed E-state index contributed by atoms with van der Waals surface area (Å²) in [7, 11) is 0. The van der Waals surface area contributed by atoms with Gasteiger partial charge in [0, 0.05) is 10.4 Å². The van der Waals surface area contributed by atoms with Crippen LogP contribution in [-0.2, 0) is 6.18 Å². The minimum Gasteiger partial charge on any atom is -0.242 e. The zero-order chi connectivity index (χ0) is 11.9. The predicted molar refractivity (Wildman–Crippen MR) is 55.6 cm³/mol. The Labute approximate surface area is 98.8 Å². The zero-order valence-corrected chi connectivity index (χ0v) is 9.08. The highest BCUT2D eigenvalue weighted by molar-refractivity contribution is 6.38. The Kier molecular flexibility index (Phi) is 2.72. The summed E-state index contributed by atoms with van der Waals surface area (Å²) < 4.78 is 37.1. The lowest BCUT2D eigenvalue weighted by molar-refractivity contribution is -0.140. The van der Waals surface area contributed by atoms with Crippen LogP contribution in [0.15, 0.2) is 18.2 Å². The van der Waals surface area contributed by atoms with E-state index in [0.29, 0.717) is 10.4 Å². The van der Waals surface area contributed by atoms with E-state index < -0.39 is 11.9 Å². The lowest BCUT2D eigenvalue weighted by Gasteiger charge is -2.07. The third-order valence-corrected chi connectivity index (χ3v) is 2.42. The summed E-state index contributed by atoms with van der Waals surface area (Å²) >= 11 is 11.4. The lowest BCUT2D eigenvalue weighted by atomic mass is 10.2. The number of fused-ring (bicyclic) bond motifs is 1. The Morgan fingerprint density at radius 2 is 1.88 bits per heavy atom. The van der Waals surface area contributed by atoms with Gasteiger partial charge < -0.3 is 0 Å². The Balaban J connectivity index is 2.72. The molecule has 2 rings (SSSR count). The molecule has 0 atom stereocenters. The molecule has 16 heavy (non-hydrogen) atoms. The van der Waals surface area contributed by atoms with E-state index in [2.05, 4.69) is 11.1 Å². The van der Waals surface area contributed by atoms with Gasteiger partial charge in [-0.25, -0.2) is 4.98 Å². The van der Waals surface area contributed by atoms with Crippen molar-refractivity contribution in [2.24, 2.45) is 0 Å². The average Bonchev–Trinajstić information content (AvgIpc) is 2.15. The van der Waals surface area contributed by atoms with Crippen molar-refractivity contribution < 1.29 is 13.2 Å². The first-order valence-electron chi connectivity index (χ1n) is 4.12. The van der Waals surface area contributed by atoms with Gasteiger partial charge in [-0.3, -0.25) is 0 Å². The SMILES string of the molecule is FC(F)(F)c1c[c]c2cc(Cl)cc(Cl)c2n1. The van der Waals surface area contributed by atoms with Gasteiger partial charge in [0.15, 0.2) is 0 Å². The van der Waals surface area contributed by atoms with Crippen molar-refractivity contribution in [1.82, 2.24) is 4.98 Å². The van der Waals surface area contributed by atoms with Crippen LogP contribution in [0.3, 0.4) is 0 Å². The Bertz CT molecular complexity index is 551. The van der Waals surface area contributed by atoms with E-state index in [0.717, 1.165) is 6.07 Å². The van der Waals surface area contributed by atoms with Gasteiger partial charge in [0.25, 0.3) is 0 Å². The largest absolute Gasteiger partial charge is 0.433 e. The quantitative estimate of drug-likeness (QED) is 0.689. The van der Waals surface area contributed by atoms with Crippen LogP contribution < -0.4 is 0 Å². The number of nitrogens with zero attached hydrogens (tertiary/aromatic N) is 1. The molecule has 0 aliphatic rings. The summed E-state index contributed by atoms with van der Waals surface area (Å²) in [5.74, 6) is 0. The smallest absolute Gasteiger partial charge is 0.242 e. The first-order chi connectivity index (χ1) is 7.38. The molecular formula is C10H3Cl2F3N. The molecule has 2 aromatic rings. The second-order valence-corrected chi connectivity index (χ2v) is 3.91. The van der Waals surface area contributed by atoms with E-state index in [1.807, 2.05) is 0 Å². The first kappa shape index (κ1) is 11.5. The van der Waals surface area contributed by atoms with Crippen molar-refractivity contribution >= 4 is 34.1 Å². The minimum atomic E-state index is -4.51. The molecule has 83 valence electrons. The average molecular weight is 265 g/mol. The zero-order valence-electron chi connectivity index (χ0n) is 7.57. The molecule has 1 radical (unpaired) electrons. The number of pyridine rings is 1. The van der Waals surface area contributed by atoms with Gasteiger partial charge in [0.05, 0.1) is 10.5 Å². The van der Waals surface area contributed by atoms with Gasteiger partial charge in [-0.2, -0.15) is 13.2 Å². The van der Waals surface area contributed by atoms with Gasteiger partial charge in [-0.1, -0.05) is 23.2 Å². The molecule has 0 fully saturated rings. The third kappa shape index (κ3) is 2.08. The fourth-order valence-electron chi connectivity index (χ4n) is 1.23. The summed E-state index contributed by atoms with van der Waals surface area (Å²) in [6.45, 7) is 0. The molecule has 1 heterocycles. The van der Waals surface area contributed by atoms with Crippen LogP contribution in [0.25, 0.3) is 10.9 Å². The van der Waals surface area contributed by atoms with Crippen LogP contribution in [0.4, 0.5) is 13.2 Å². The molecule has 6 heteroatoms. The van der Waals surface area contributed by atoms with Gasteiger partial charge in [-0.15, -0.1) is 0 Å². The fourth-order valence-corrected chi connectivity index (χ4v) is 1.77. The molecule has 0 aliphatic heterocycles. The first-order valence-corrected chi connectivity index (χ1v) is 4.88. The number of benzene rings is 1. The molecule has 0 saturated heterocycles. The number of alkyl halides is 3. The summed E-state index contributed by atoms with van der Waals surface area (Å²) in [6, 6.07) is 6.02. The molecule has 0 aliphatic carbocycles. The van der Waals surface area contributed by atoms with E-state index >= 15 is 0 Å². The van der Waals surface area contributed by atoms with Gasteiger partial charge in [0.1, 0.15) is 5.69 Å². The summed E-state index contributed by atoms with van der Waals surface area (Å²) in [6.07, 6.45) is -4.51. The Hall–Kier alpha value is -1.00. The van der Waals surface area contributed by atoms with Crippen molar-refractivity contribution in [2.45, 2.75) is 6.18 Å². The number of hydrogen-bond acceptors (Lipinski definition) is 1. The van der Waals surface area contributed by atoms with E-state index in [9.17, 15) is 13.2 Å². The molecule has 0 amide bonds. The highest BCUT2D eigenvalue weighted by Crippen LogP contribution is 2.32. The minimum absolute atomic E-state index is 0.0425. The second-order valence-electron chi connectivity index (χ2n) is 3.07. The molecule has 1 aromatic heterocycles. The van der Waals surface area contributed by atoms with E-state index in [1.165, 1.54) is 12.1 Å². The molecule has 0 unspecified atom stereocenters. The highest BCUT2D eigenvalue weighted by atomic mass is 35.5. The van der Waals surface area contributed by atoms with Crippen LogP contribution >= 0.6 is 23.2 Å². The van der Waals surface area contributed by atoms with Crippen molar-refractivity contribution in [3.05, 3.63) is 40.0 Å². The van der Waals surface area contributed by atoms with Crippen LogP contribution in [-0.4, -0.2) is 4.98 Å². The monoisotopic (exact) mass is 264 g/mol. The van der Waals surface area contributed by atoms with E-state index in [-0.39, 0.29) is 10.5 Å². The van der Waals surface area contributed by atoms with E-state index in [4.69, 9.17) is 23.2 Å². The summed E-state index contributed by atoms with van der Waals surface area (Å²) in [4.78, 5) is 3.44. The van der Waals surface area contributed by atoms with Crippen molar-refractivity contribution in [1.29, 1.82) is 0 Å². The standard InChI is InChI=1S/C10H3Cl2F3N/c11-6-3-5-1-2-8(10(13,14)15)16-9(5)7(12)4-6/h2-4H. The van der Waals surface area contributed by atoms with Crippen molar-refractivity contribution in [3.63, 3.8) is 0 Å². The van der Waals surface area contributed by atoms with Crippen LogP contribution in [0.2, 0.25) is 10.0 Å². The van der Waals surface area contributed by atoms with Crippen LogP contribution in [0.5, 0.6) is 0 Å². The number of halogens is 5. The summed E-state index contributed by atoms with van der Waals surface area (Å²) in [5, 5.41) is 0.755. The molecule has 0 saturated carbocycles. The summed E-state index contributed by atoms with van der Waals surface area (Å²) in [5.41, 5.74) is -0.981. The predicted octanol–water partition coefficient (Wildman–Crippen LogP) is 4.36. The molecule has 0 N–H and O–H groups in total. The highest BCUT2D eigenvalue weighted by Gasteiger charge is 2.32. The maximum atomic E-state index is 12.4. The number of rotatable bonds is 0. The fraction of sp³-hybridized carbons (Fsp3) is 0.100. The van der Waals surface area contributed by atoms with E-state index in [1.54, 1.807) is 0 Å².